The minimum atomic E-state index is -3.62. The van der Waals surface area contributed by atoms with Gasteiger partial charge in [0.1, 0.15) is 5.51 Å². The Morgan fingerprint density at radius 1 is 1.40 bits per heavy atom. The van der Waals surface area contributed by atoms with Crippen LogP contribution in [0.3, 0.4) is 0 Å². The van der Waals surface area contributed by atoms with Crippen molar-refractivity contribution < 1.29 is 8.42 Å². The van der Waals surface area contributed by atoms with E-state index in [0.29, 0.717) is 0 Å². The highest BCUT2D eigenvalue weighted by atomic mass is 32.2. The lowest BCUT2D eigenvalue weighted by Crippen LogP contribution is -2.18. The van der Waals surface area contributed by atoms with Crippen molar-refractivity contribution >= 4 is 26.5 Å². The summed E-state index contributed by atoms with van der Waals surface area (Å²) in [6, 6.07) is 6.95. The average molecular weight is 312 g/mol. The molecule has 0 saturated carbocycles. The monoisotopic (exact) mass is 312 g/mol. The van der Waals surface area contributed by atoms with E-state index < -0.39 is 10.0 Å². The van der Waals surface area contributed by atoms with Crippen molar-refractivity contribution in [3.63, 3.8) is 0 Å². The maximum Gasteiger partial charge on any atom is 0.263 e. The van der Waals surface area contributed by atoms with Gasteiger partial charge in [-0.1, -0.05) is 30.4 Å². The van der Waals surface area contributed by atoms with Crippen molar-refractivity contribution in [2.24, 2.45) is 0 Å². The lowest BCUT2D eigenvalue weighted by Gasteiger charge is -2.14. The van der Waals surface area contributed by atoms with E-state index in [4.69, 9.17) is 0 Å². The van der Waals surface area contributed by atoms with Gasteiger partial charge in [0.05, 0.1) is 4.90 Å². The minimum absolute atomic E-state index is 0.0941. The Morgan fingerprint density at radius 3 is 2.85 bits per heavy atom. The molecule has 1 aromatic carbocycles. The molecular weight excluding hydrogens is 296 g/mol. The second kappa shape index (κ2) is 6.29. The molecule has 108 valence electrons. The van der Waals surface area contributed by atoms with Crippen molar-refractivity contribution in [3.05, 3.63) is 35.3 Å². The third-order valence-electron chi connectivity index (χ3n) is 2.76. The van der Waals surface area contributed by atoms with Crippen molar-refractivity contribution in [2.75, 3.05) is 11.3 Å². The van der Waals surface area contributed by atoms with Crippen LogP contribution in [0, 0.1) is 0 Å². The van der Waals surface area contributed by atoms with Crippen LogP contribution < -0.4 is 10.0 Å². The highest BCUT2D eigenvalue weighted by molar-refractivity contribution is 7.93. The fourth-order valence-electron chi connectivity index (χ4n) is 1.77. The largest absolute Gasteiger partial charge is 0.310 e. The van der Waals surface area contributed by atoms with Crippen LogP contribution in [0.5, 0.6) is 0 Å². The Morgan fingerprint density at radius 2 is 2.20 bits per heavy atom. The summed E-state index contributed by atoms with van der Waals surface area (Å²) in [6.45, 7) is 4.82. The Balaban J connectivity index is 2.25. The maximum atomic E-state index is 12.2. The molecule has 0 radical (unpaired) electrons. The van der Waals surface area contributed by atoms with Crippen molar-refractivity contribution in [3.8, 4) is 0 Å². The molecule has 2 aromatic rings. The summed E-state index contributed by atoms with van der Waals surface area (Å²) in [4.78, 5) is 0.218. The molecule has 20 heavy (non-hydrogen) atoms. The summed E-state index contributed by atoms with van der Waals surface area (Å²) in [5, 5.41) is 10.8. The van der Waals surface area contributed by atoms with E-state index in [1.54, 1.807) is 18.2 Å². The molecule has 0 aliphatic heterocycles. The third kappa shape index (κ3) is 3.53. The SMILES string of the molecule is CCNC(C)c1cccc(S(=O)(=O)Nc2nncs2)c1. The lowest BCUT2D eigenvalue weighted by molar-refractivity contribution is 0.592. The Hall–Kier alpha value is -1.51. The molecule has 0 fully saturated rings. The lowest BCUT2D eigenvalue weighted by atomic mass is 10.1. The van der Waals surface area contributed by atoms with Crippen LogP contribution in [0.2, 0.25) is 0 Å². The fourth-order valence-corrected chi connectivity index (χ4v) is 3.51. The topological polar surface area (TPSA) is 84.0 Å². The minimum Gasteiger partial charge on any atom is -0.310 e. The molecule has 0 spiro atoms. The molecule has 0 bridgehead atoms. The van der Waals surface area contributed by atoms with Gasteiger partial charge >= 0.3 is 0 Å². The zero-order chi connectivity index (χ0) is 14.6. The molecule has 0 saturated heterocycles. The van der Waals surface area contributed by atoms with E-state index in [-0.39, 0.29) is 16.1 Å². The Bertz CT molecular complexity index is 656. The van der Waals surface area contributed by atoms with E-state index in [1.807, 2.05) is 19.9 Å². The van der Waals surface area contributed by atoms with Gasteiger partial charge in [-0.3, -0.25) is 4.72 Å². The normalized spacial score (nSPS) is 13.1. The smallest absolute Gasteiger partial charge is 0.263 e. The average Bonchev–Trinajstić information content (AvgIpc) is 2.91. The van der Waals surface area contributed by atoms with Crippen LogP contribution in [0.15, 0.2) is 34.7 Å². The second-order valence-electron chi connectivity index (χ2n) is 4.20. The molecule has 2 N–H and O–H groups in total. The van der Waals surface area contributed by atoms with Gasteiger partial charge in [-0.2, -0.15) is 0 Å². The Kier molecular flexibility index (Phi) is 4.69. The van der Waals surface area contributed by atoms with Gasteiger partial charge < -0.3 is 5.32 Å². The predicted octanol–water partition coefficient (Wildman–Crippen LogP) is 2.01. The van der Waals surface area contributed by atoms with Crippen molar-refractivity contribution in [1.82, 2.24) is 15.5 Å². The van der Waals surface area contributed by atoms with E-state index in [2.05, 4.69) is 20.2 Å². The first-order valence-electron chi connectivity index (χ1n) is 6.15. The molecule has 1 aromatic heterocycles. The number of sulfonamides is 1. The first-order valence-corrected chi connectivity index (χ1v) is 8.51. The van der Waals surface area contributed by atoms with Crippen LogP contribution in [-0.4, -0.2) is 25.2 Å². The summed E-state index contributed by atoms with van der Waals surface area (Å²) in [7, 11) is -3.62. The van der Waals surface area contributed by atoms with Gasteiger partial charge in [0, 0.05) is 6.04 Å². The summed E-state index contributed by atoms with van der Waals surface area (Å²) < 4.78 is 26.9. The highest BCUT2D eigenvalue weighted by Crippen LogP contribution is 2.20. The third-order valence-corrected chi connectivity index (χ3v) is 4.83. The van der Waals surface area contributed by atoms with Gasteiger partial charge in [-0.05, 0) is 31.2 Å². The van der Waals surface area contributed by atoms with Crippen LogP contribution in [0.4, 0.5) is 5.13 Å². The predicted molar refractivity (Wildman–Crippen MR) is 79.3 cm³/mol. The van der Waals surface area contributed by atoms with E-state index in [0.717, 1.165) is 23.4 Å². The van der Waals surface area contributed by atoms with E-state index >= 15 is 0 Å². The number of aromatic nitrogens is 2. The van der Waals surface area contributed by atoms with Crippen LogP contribution >= 0.6 is 11.3 Å². The highest BCUT2D eigenvalue weighted by Gasteiger charge is 2.17. The number of anilines is 1. The summed E-state index contributed by atoms with van der Waals surface area (Å²) in [5.41, 5.74) is 2.40. The second-order valence-corrected chi connectivity index (χ2v) is 6.72. The number of hydrogen-bond donors (Lipinski definition) is 2. The van der Waals surface area contributed by atoms with Gasteiger partial charge in [0.15, 0.2) is 0 Å². The summed E-state index contributed by atoms with van der Waals surface area (Å²) in [5.74, 6) is 0. The molecule has 6 nitrogen and oxygen atoms in total. The van der Waals surface area contributed by atoms with E-state index in [9.17, 15) is 8.42 Å². The first-order chi connectivity index (χ1) is 9.53. The van der Waals surface area contributed by atoms with Crippen LogP contribution in [0.25, 0.3) is 0 Å². The number of hydrogen-bond acceptors (Lipinski definition) is 6. The number of rotatable bonds is 6. The molecule has 1 atom stereocenters. The van der Waals surface area contributed by atoms with E-state index in [1.165, 1.54) is 5.51 Å². The molecule has 1 unspecified atom stereocenters. The number of nitrogens with zero attached hydrogens (tertiary/aromatic N) is 2. The molecular formula is C12H16N4O2S2. The fraction of sp³-hybridized carbons (Fsp3) is 0.333. The number of nitrogens with one attached hydrogen (secondary N) is 2. The first kappa shape index (κ1) is 14.9. The van der Waals surface area contributed by atoms with Crippen molar-refractivity contribution in [2.45, 2.75) is 24.8 Å². The molecule has 2 rings (SSSR count). The molecule has 1 heterocycles. The summed E-state index contributed by atoms with van der Waals surface area (Å²) in [6.07, 6.45) is 0. The quantitative estimate of drug-likeness (QED) is 0.852. The summed E-state index contributed by atoms with van der Waals surface area (Å²) >= 11 is 1.14. The van der Waals surface area contributed by atoms with Crippen LogP contribution in [0.1, 0.15) is 25.5 Å². The Labute approximate surface area is 122 Å². The molecule has 8 heteroatoms. The molecule has 0 aliphatic carbocycles. The maximum absolute atomic E-state index is 12.2. The van der Waals surface area contributed by atoms with Gasteiger partial charge in [-0.15, -0.1) is 10.2 Å². The molecule has 0 amide bonds. The standard InChI is InChI=1S/C12H16N4O2S2/c1-3-13-9(2)10-5-4-6-11(7-10)20(17,18)16-12-15-14-8-19-12/h4-9,13H,3H2,1-2H3,(H,15,16). The van der Waals surface area contributed by atoms with Gasteiger partial charge in [0.2, 0.25) is 5.13 Å². The van der Waals surface area contributed by atoms with Crippen molar-refractivity contribution in [1.29, 1.82) is 0 Å². The van der Waals surface area contributed by atoms with Gasteiger partial charge in [0.25, 0.3) is 10.0 Å². The van der Waals surface area contributed by atoms with Crippen LogP contribution in [-0.2, 0) is 10.0 Å². The zero-order valence-electron chi connectivity index (χ0n) is 11.2. The van der Waals surface area contributed by atoms with Gasteiger partial charge in [-0.25, -0.2) is 8.42 Å². The molecule has 0 aliphatic rings. The zero-order valence-corrected chi connectivity index (χ0v) is 12.8. The number of benzene rings is 1.